The molecule has 0 atom stereocenters. The Bertz CT molecular complexity index is 1110. The minimum atomic E-state index is 0.773. The van der Waals surface area contributed by atoms with Crippen LogP contribution < -0.4 is 9.80 Å². The molecule has 4 aromatic rings. The first-order chi connectivity index (χ1) is 13.2. The third-order valence-corrected chi connectivity index (χ3v) is 5.54. The fourth-order valence-corrected chi connectivity index (χ4v) is 3.99. The maximum absolute atomic E-state index is 6.01. The van der Waals surface area contributed by atoms with Crippen molar-refractivity contribution in [2.24, 2.45) is 0 Å². The highest BCUT2D eigenvalue weighted by atomic mass is 35.5. The van der Waals surface area contributed by atoms with E-state index in [4.69, 9.17) is 11.6 Å². The van der Waals surface area contributed by atoms with Crippen LogP contribution in [0.2, 0.25) is 5.02 Å². The molecule has 1 saturated heterocycles. The van der Waals surface area contributed by atoms with E-state index in [1.54, 1.807) is 6.33 Å². The second kappa shape index (κ2) is 6.43. The van der Waals surface area contributed by atoms with Crippen molar-refractivity contribution in [2.75, 3.05) is 36.0 Å². The monoisotopic (exact) mass is 377 g/mol. The first kappa shape index (κ1) is 16.4. The first-order valence-electron chi connectivity index (χ1n) is 9.17. The number of aromatic amines is 1. The van der Waals surface area contributed by atoms with Crippen molar-refractivity contribution >= 4 is 45.0 Å². The van der Waals surface area contributed by atoms with Crippen LogP contribution in [0.25, 0.3) is 21.9 Å². The normalized spacial score (nSPS) is 15.0. The highest BCUT2D eigenvalue weighted by Crippen LogP contribution is 2.30. The second-order valence-corrected chi connectivity index (χ2v) is 7.48. The van der Waals surface area contributed by atoms with E-state index in [1.807, 2.05) is 12.1 Å². The number of aryl methyl sites for hydroxylation is 1. The average Bonchev–Trinajstić information content (AvgIpc) is 3.07. The number of fused-ring (bicyclic) bond motifs is 3. The average molecular weight is 378 g/mol. The van der Waals surface area contributed by atoms with Gasteiger partial charge in [-0.3, -0.25) is 0 Å². The van der Waals surface area contributed by atoms with Gasteiger partial charge in [-0.2, -0.15) is 0 Å². The molecule has 1 fully saturated rings. The molecule has 5 rings (SSSR count). The van der Waals surface area contributed by atoms with Crippen molar-refractivity contribution in [1.29, 1.82) is 0 Å². The summed E-state index contributed by atoms with van der Waals surface area (Å²) in [6, 6.07) is 14.5. The van der Waals surface area contributed by atoms with Gasteiger partial charge in [0.2, 0.25) is 0 Å². The summed E-state index contributed by atoms with van der Waals surface area (Å²) in [6.45, 7) is 5.85. The number of aromatic nitrogens is 3. The summed E-state index contributed by atoms with van der Waals surface area (Å²) in [5, 5.41) is 1.93. The first-order valence-corrected chi connectivity index (χ1v) is 9.55. The lowest BCUT2D eigenvalue weighted by molar-refractivity contribution is 0.648. The molecule has 1 aliphatic heterocycles. The van der Waals surface area contributed by atoms with Crippen LogP contribution in [0.3, 0.4) is 0 Å². The van der Waals surface area contributed by atoms with E-state index < -0.39 is 0 Å². The zero-order valence-electron chi connectivity index (χ0n) is 15.1. The molecule has 0 spiro atoms. The van der Waals surface area contributed by atoms with Crippen molar-refractivity contribution in [2.45, 2.75) is 6.92 Å². The van der Waals surface area contributed by atoms with Crippen molar-refractivity contribution in [3.63, 3.8) is 0 Å². The van der Waals surface area contributed by atoms with Gasteiger partial charge in [0.15, 0.2) is 5.82 Å². The lowest BCUT2D eigenvalue weighted by Crippen LogP contribution is -2.46. The van der Waals surface area contributed by atoms with E-state index >= 15 is 0 Å². The number of benzene rings is 2. The predicted molar refractivity (Wildman–Crippen MR) is 112 cm³/mol. The van der Waals surface area contributed by atoms with Crippen LogP contribution in [0, 0.1) is 6.92 Å². The molecule has 136 valence electrons. The van der Waals surface area contributed by atoms with Gasteiger partial charge in [0.25, 0.3) is 0 Å². The molecule has 1 N–H and O–H groups in total. The Kier molecular flexibility index (Phi) is 3.90. The molecular formula is C21H20ClN5. The van der Waals surface area contributed by atoms with Gasteiger partial charge in [0.05, 0.1) is 0 Å². The molecule has 0 bridgehead atoms. The number of anilines is 2. The SMILES string of the molecule is Cc1ccc2[nH]c3c(N4CCN(c5ccc(Cl)cc5)CC4)ncnc3c2c1. The van der Waals surface area contributed by atoms with Crippen molar-refractivity contribution < 1.29 is 0 Å². The number of hydrogen-bond acceptors (Lipinski definition) is 4. The summed E-state index contributed by atoms with van der Waals surface area (Å²) in [7, 11) is 0. The van der Waals surface area contributed by atoms with Gasteiger partial charge in [-0.05, 0) is 43.3 Å². The van der Waals surface area contributed by atoms with E-state index in [2.05, 4.69) is 62.0 Å². The fraction of sp³-hybridized carbons (Fsp3) is 0.238. The van der Waals surface area contributed by atoms with E-state index in [0.29, 0.717) is 0 Å². The molecule has 3 heterocycles. The van der Waals surface area contributed by atoms with Crippen molar-refractivity contribution in [1.82, 2.24) is 15.0 Å². The topological polar surface area (TPSA) is 48.1 Å². The smallest absolute Gasteiger partial charge is 0.156 e. The van der Waals surface area contributed by atoms with E-state index in [0.717, 1.165) is 59.0 Å². The molecule has 2 aromatic heterocycles. The molecule has 0 saturated carbocycles. The number of piperazine rings is 1. The Morgan fingerprint density at radius 3 is 2.44 bits per heavy atom. The maximum Gasteiger partial charge on any atom is 0.156 e. The van der Waals surface area contributed by atoms with Gasteiger partial charge in [0, 0.05) is 47.8 Å². The minimum absolute atomic E-state index is 0.773. The zero-order valence-corrected chi connectivity index (χ0v) is 15.9. The summed E-state index contributed by atoms with van der Waals surface area (Å²) in [5.74, 6) is 0.990. The Hall–Kier alpha value is -2.79. The summed E-state index contributed by atoms with van der Waals surface area (Å²) >= 11 is 6.01. The molecule has 5 nitrogen and oxygen atoms in total. The van der Waals surface area contributed by atoms with Gasteiger partial charge < -0.3 is 14.8 Å². The number of nitrogens with one attached hydrogen (secondary N) is 1. The fourth-order valence-electron chi connectivity index (χ4n) is 3.86. The molecule has 0 aliphatic carbocycles. The van der Waals surface area contributed by atoms with Crippen LogP contribution in [0.15, 0.2) is 48.8 Å². The van der Waals surface area contributed by atoms with Gasteiger partial charge in [-0.1, -0.05) is 23.2 Å². The largest absolute Gasteiger partial charge is 0.368 e. The van der Waals surface area contributed by atoms with Crippen LogP contribution >= 0.6 is 11.6 Å². The van der Waals surface area contributed by atoms with Crippen molar-refractivity contribution in [3.05, 3.63) is 59.4 Å². The molecular weight excluding hydrogens is 358 g/mol. The number of H-pyrrole nitrogens is 1. The lowest BCUT2D eigenvalue weighted by Gasteiger charge is -2.36. The van der Waals surface area contributed by atoms with Crippen LogP contribution in [0.5, 0.6) is 0 Å². The number of hydrogen-bond donors (Lipinski definition) is 1. The van der Waals surface area contributed by atoms with Gasteiger partial charge in [-0.15, -0.1) is 0 Å². The molecule has 1 aliphatic rings. The van der Waals surface area contributed by atoms with Gasteiger partial charge in [-0.25, -0.2) is 9.97 Å². The Morgan fingerprint density at radius 2 is 1.67 bits per heavy atom. The maximum atomic E-state index is 6.01. The van der Waals surface area contributed by atoms with Crippen LogP contribution in [-0.4, -0.2) is 41.1 Å². The van der Waals surface area contributed by atoms with Gasteiger partial charge >= 0.3 is 0 Å². The van der Waals surface area contributed by atoms with E-state index in [-0.39, 0.29) is 0 Å². The third kappa shape index (κ3) is 2.88. The minimum Gasteiger partial charge on any atom is -0.368 e. The van der Waals surface area contributed by atoms with Crippen LogP contribution in [-0.2, 0) is 0 Å². The van der Waals surface area contributed by atoms with Gasteiger partial charge in [0.1, 0.15) is 17.4 Å². The molecule has 0 unspecified atom stereocenters. The third-order valence-electron chi connectivity index (χ3n) is 5.29. The zero-order chi connectivity index (χ0) is 18.4. The molecule has 6 heteroatoms. The Balaban J connectivity index is 1.45. The summed E-state index contributed by atoms with van der Waals surface area (Å²) in [6.07, 6.45) is 1.68. The predicted octanol–water partition coefficient (Wildman–Crippen LogP) is 4.40. The molecule has 0 amide bonds. The lowest BCUT2D eigenvalue weighted by atomic mass is 10.1. The van der Waals surface area contributed by atoms with Crippen molar-refractivity contribution in [3.8, 4) is 0 Å². The summed E-state index contributed by atoms with van der Waals surface area (Å²) < 4.78 is 0. The second-order valence-electron chi connectivity index (χ2n) is 7.05. The van der Waals surface area contributed by atoms with Crippen LogP contribution in [0.4, 0.5) is 11.5 Å². The number of nitrogens with zero attached hydrogens (tertiary/aromatic N) is 4. The number of rotatable bonds is 2. The van der Waals surface area contributed by atoms with E-state index in [1.165, 1.54) is 11.3 Å². The van der Waals surface area contributed by atoms with E-state index in [9.17, 15) is 0 Å². The summed E-state index contributed by atoms with van der Waals surface area (Å²) in [4.78, 5) is 17.4. The Labute approximate surface area is 162 Å². The Morgan fingerprint density at radius 1 is 0.926 bits per heavy atom. The standard InChI is InChI=1S/C21H20ClN5/c1-14-2-7-18-17(12-14)19-20(25-18)21(24-13-23-19)27-10-8-26(9-11-27)16-5-3-15(22)4-6-16/h2-7,12-13,25H,8-11H2,1H3. The molecule has 27 heavy (non-hydrogen) atoms. The highest BCUT2D eigenvalue weighted by Gasteiger charge is 2.21. The quantitative estimate of drug-likeness (QED) is 0.562. The molecule has 0 radical (unpaired) electrons. The summed E-state index contributed by atoms with van der Waals surface area (Å²) in [5.41, 5.74) is 5.59. The highest BCUT2D eigenvalue weighted by molar-refractivity contribution is 6.30. The molecule has 2 aromatic carbocycles. The number of halogens is 1. The van der Waals surface area contributed by atoms with Crippen LogP contribution in [0.1, 0.15) is 5.56 Å².